The Bertz CT molecular complexity index is 384. The van der Waals surface area contributed by atoms with E-state index in [1.165, 1.54) is 12.1 Å². The van der Waals surface area contributed by atoms with Crippen molar-refractivity contribution in [1.82, 2.24) is 4.90 Å². The van der Waals surface area contributed by atoms with Gasteiger partial charge in [-0.3, -0.25) is 4.90 Å². The Morgan fingerprint density at radius 2 is 2.18 bits per heavy atom. The number of hydrogen-bond acceptors (Lipinski definition) is 2. The number of aliphatic hydroxyl groups is 1. The van der Waals surface area contributed by atoms with E-state index in [1.54, 1.807) is 0 Å². The van der Waals surface area contributed by atoms with Crippen LogP contribution in [0.15, 0.2) is 18.2 Å². The minimum absolute atomic E-state index is 0.201. The smallest absolute Gasteiger partial charge is 0.127 e. The van der Waals surface area contributed by atoms with Crippen LogP contribution in [-0.2, 0) is 6.54 Å². The van der Waals surface area contributed by atoms with Gasteiger partial charge in [-0.2, -0.15) is 0 Å². The molecule has 0 aromatic heterocycles. The third-order valence-corrected chi connectivity index (χ3v) is 3.31. The summed E-state index contributed by atoms with van der Waals surface area (Å²) in [7, 11) is 0. The lowest BCUT2D eigenvalue weighted by Crippen LogP contribution is -2.21. The summed E-state index contributed by atoms with van der Waals surface area (Å²) in [6.07, 6.45) is 1.82. The van der Waals surface area contributed by atoms with E-state index in [2.05, 4.69) is 4.90 Å². The van der Waals surface area contributed by atoms with E-state index >= 15 is 0 Å². The van der Waals surface area contributed by atoms with E-state index in [-0.39, 0.29) is 12.4 Å². The van der Waals surface area contributed by atoms with Crippen LogP contribution < -0.4 is 0 Å². The van der Waals surface area contributed by atoms with Gasteiger partial charge in [-0.1, -0.05) is 0 Å². The predicted octanol–water partition coefficient (Wildman–Crippen LogP) is 2.17. The summed E-state index contributed by atoms with van der Waals surface area (Å²) < 4.78 is 26.4. The quantitative estimate of drug-likeness (QED) is 0.873. The molecular formula is C13H17F2NO. The van der Waals surface area contributed by atoms with E-state index in [9.17, 15) is 8.78 Å². The first-order valence-electron chi connectivity index (χ1n) is 5.96. The molecule has 1 aliphatic rings. The summed E-state index contributed by atoms with van der Waals surface area (Å²) in [5.41, 5.74) is 0.412. The highest BCUT2D eigenvalue weighted by Gasteiger charge is 2.22. The van der Waals surface area contributed by atoms with E-state index in [1.807, 2.05) is 0 Å². The number of nitrogens with zero attached hydrogens (tertiary/aromatic N) is 1. The Morgan fingerprint density at radius 3 is 2.94 bits per heavy atom. The van der Waals surface area contributed by atoms with Crippen molar-refractivity contribution < 1.29 is 13.9 Å². The van der Waals surface area contributed by atoms with Gasteiger partial charge in [0.05, 0.1) is 0 Å². The molecular weight excluding hydrogens is 224 g/mol. The van der Waals surface area contributed by atoms with Crippen molar-refractivity contribution in [1.29, 1.82) is 0 Å². The largest absolute Gasteiger partial charge is 0.396 e. The van der Waals surface area contributed by atoms with Crippen LogP contribution in [0.25, 0.3) is 0 Å². The van der Waals surface area contributed by atoms with Gasteiger partial charge in [-0.15, -0.1) is 0 Å². The number of likely N-dealkylation sites (tertiary alicyclic amines) is 1. The number of halogens is 2. The van der Waals surface area contributed by atoms with Crippen molar-refractivity contribution in [2.45, 2.75) is 19.4 Å². The Labute approximate surface area is 99.9 Å². The Balaban J connectivity index is 1.95. The van der Waals surface area contributed by atoms with Gasteiger partial charge in [-0.05, 0) is 43.5 Å². The van der Waals surface area contributed by atoms with Gasteiger partial charge in [-0.25, -0.2) is 8.78 Å². The van der Waals surface area contributed by atoms with Gasteiger partial charge in [0.1, 0.15) is 11.6 Å². The standard InChI is InChI=1S/C13H17F2NO/c14-12-1-2-13(15)11(7-12)9-16-5-3-10(8-16)4-6-17/h1-2,7,10,17H,3-6,8-9H2. The summed E-state index contributed by atoms with van der Waals surface area (Å²) in [5.74, 6) is -0.263. The van der Waals surface area contributed by atoms with E-state index in [0.29, 0.717) is 18.0 Å². The van der Waals surface area contributed by atoms with Crippen LogP contribution in [-0.4, -0.2) is 29.7 Å². The average molecular weight is 241 g/mol. The lowest BCUT2D eigenvalue weighted by Gasteiger charge is -2.16. The molecule has 1 aromatic carbocycles. The fourth-order valence-corrected chi connectivity index (χ4v) is 2.38. The van der Waals surface area contributed by atoms with E-state index < -0.39 is 5.82 Å². The monoisotopic (exact) mass is 241 g/mol. The maximum atomic E-state index is 13.4. The molecule has 0 aliphatic carbocycles. The number of hydrogen-bond donors (Lipinski definition) is 1. The van der Waals surface area contributed by atoms with Crippen molar-refractivity contribution in [3.63, 3.8) is 0 Å². The zero-order valence-corrected chi connectivity index (χ0v) is 9.70. The third-order valence-electron chi connectivity index (χ3n) is 3.31. The number of benzene rings is 1. The van der Waals surface area contributed by atoms with E-state index in [4.69, 9.17) is 5.11 Å². The maximum Gasteiger partial charge on any atom is 0.127 e. The highest BCUT2D eigenvalue weighted by molar-refractivity contribution is 5.18. The van der Waals surface area contributed by atoms with Crippen molar-refractivity contribution >= 4 is 0 Å². The molecule has 1 saturated heterocycles. The van der Waals surface area contributed by atoms with Crippen LogP contribution >= 0.6 is 0 Å². The molecule has 2 rings (SSSR count). The van der Waals surface area contributed by atoms with Crippen molar-refractivity contribution in [2.75, 3.05) is 19.7 Å². The van der Waals surface area contributed by atoms with Crippen molar-refractivity contribution in [2.24, 2.45) is 5.92 Å². The van der Waals surface area contributed by atoms with Gasteiger partial charge in [0.2, 0.25) is 0 Å². The molecule has 1 fully saturated rings. The SMILES string of the molecule is OCCC1CCN(Cc2cc(F)ccc2F)C1. The zero-order chi connectivity index (χ0) is 12.3. The molecule has 0 saturated carbocycles. The second-order valence-electron chi connectivity index (χ2n) is 4.64. The van der Waals surface area contributed by atoms with Crippen LogP contribution in [0.3, 0.4) is 0 Å². The fourth-order valence-electron chi connectivity index (χ4n) is 2.38. The molecule has 2 nitrogen and oxygen atoms in total. The molecule has 1 aromatic rings. The summed E-state index contributed by atoms with van der Waals surface area (Å²) in [6, 6.07) is 3.57. The van der Waals surface area contributed by atoms with Crippen LogP contribution in [0.5, 0.6) is 0 Å². The molecule has 0 spiro atoms. The molecule has 4 heteroatoms. The average Bonchev–Trinajstić information content (AvgIpc) is 2.72. The molecule has 1 N–H and O–H groups in total. The molecule has 1 aliphatic heterocycles. The van der Waals surface area contributed by atoms with Crippen molar-refractivity contribution in [3.05, 3.63) is 35.4 Å². The Morgan fingerprint density at radius 1 is 1.35 bits per heavy atom. The second kappa shape index (κ2) is 5.56. The second-order valence-corrected chi connectivity index (χ2v) is 4.64. The normalized spacial score (nSPS) is 21.0. The summed E-state index contributed by atoms with van der Waals surface area (Å²) >= 11 is 0. The topological polar surface area (TPSA) is 23.5 Å². The first kappa shape index (κ1) is 12.5. The first-order chi connectivity index (χ1) is 8.19. The predicted molar refractivity (Wildman–Crippen MR) is 61.4 cm³/mol. The highest BCUT2D eigenvalue weighted by Crippen LogP contribution is 2.22. The third kappa shape index (κ3) is 3.23. The van der Waals surface area contributed by atoms with Gasteiger partial charge < -0.3 is 5.11 Å². The number of rotatable bonds is 4. The lowest BCUT2D eigenvalue weighted by atomic mass is 10.1. The molecule has 0 bridgehead atoms. The van der Waals surface area contributed by atoms with Crippen LogP contribution in [0, 0.1) is 17.6 Å². The van der Waals surface area contributed by atoms with Crippen molar-refractivity contribution in [3.8, 4) is 0 Å². The molecule has 0 radical (unpaired) electrons. The molecule has 1 heterocycles. The van der Waals surface area contributed by atoms with Gasteiger partial charge in [0.15, 0.2) is 0 Å². The van der Waals surface area contributed by atoms with E-state index in [0.717, 1.165) is 32.0 Å². The molecule has 17 heavy (non-hydrogen) atoms. The minimum atomic E-state index is -0.396. The molecule has 1 unspecified atom stereocenters. The molecule has 0 amide bonds. The summed E-state index contributed by atoms with van der Waals surface area (Å²) in [4.78, 5) is 2.11. The molecule has 94 valence electrons. The molecule has 1 atom stereocenters. The highest BCUT2D eigenvalue weighted by atomic mass is 19.1. The van der Waals surface area contributed by atoms with Crippen LogP contribution in [0.1, 0.15) is 18.4 Å². The Hall–Kier alpha value is -1.00. The van der Waals surface area contributed by atoms with Crippen LogP contribution in [0.2, 0.25) is 0 Å². The van der Waals surface area contributed by atoms with Gasteiger partial charge in [0.25, 0.3) is 0 Å². The summed E-state index contributed by atoms with van der Waals surface area (Å²) in [6.45, 7) is 2.40. The first-order valence-corrected chi connectivity index (χ1v) is 5.96. The zero-order valence-electron chi connectivity index (χ0n) is 9.70. The lowest BCUT2D eigenvalue weighted by molar-refractivity contribution is 0.248. The Kier molecular flexibility index (Phi) is 4.07. The van der Waals surface area contributed by atoms with Gasteiger partial charge >= 0.3 is 0 Å². The summed E-state index contributed by atoms with van der Waals surface area (Å²) in [5, 5.41) is 8.86. The number of aliphatic hydroxyl groups excluding tert-OH is 1. The minimum Gasteiger partial charge on any atom is -0.396 e. The van der Waals surface area contributed by atoms with Gasteiger partial charge in [0, 0.05) is 25.3 Å². The fraction of sp³-hybridized carbons (Fsp3) is 0.538. The van der Waals surface area contributed by atoms with Crippen LogP contribution in [0.4, 0.5) is 8.78 Å². The maximum absolute atomic E-state index is 13.4.